The van der Waals surface area contributed by atoms with Crippen molar-refractivity contribution in [2.75, 3.05) is 0 Å². The summed E-state index contributed by atoms with van der Waals surface area (Å²) in [6.07, 6.45) is 0.238. The molecule has 0 saturated carbocycles. The summed E-state index contributed by atoms with van der Waals surface area (Å²) in [5, 5.41) is 20.1. The van der Waals surface area contributed by atoms with Crippen LogP contribution in [0.15, 0.2) is 24.3 Å². The molecule has 5 heteroatoms. The van der Waals surface area contributed by atoms with Crippen LogP contribution in [0.4, 0.5) is 0 Å². The van der Waals surface area contributed by atoms with E-state index in [1.54, 1.807) is 38.1 Å². The predicted molar refractivity (Wildman–Crippen MR) is 69.5 cm³/mol. The van der Waals surface area contributed by atoms with Crippen molar-refractivity contribution < 1.29 is 14.7 Å². The summed E-state index contributed by atoms with van der Waals surface area (Å²) in [5.41, 5.74) is 1.19. The molecule has 1 amide bonds. The molecule has 2 unspecified atom stereocenters. The fourth-order valence-corrected chi connectivity index (χ4v) is 1.54. The molecule has 0 aromatic heterocycles. The van der Waals surface area contributed by atoms with Gasteiger partial charge in [-0.2, -0.15) is 5.26 Å². The standard InChI is InChI=1S/C14H16N2O3/c1-9(14(18)19)10(2)16-13(17)12-5-3-4-11(8-12)6-7-15/h3-5,8-10H,6H2,1-2H3,(H,16,17)(H,18,19). The minimum Gasteiger partial charge on any atom is -0.481 e. The quantitative estimate of drug-likeness (QED) is 0.841. The highest BCUT2D eigenvalue weighted by Gasteiger charge is 2.21. The zero-order chi connectivity index (χ0) is 14.4. The van der Waals surface area contributed by atoms with E-state index in [0.717, 1.165) is 5.56 Å². The van der Waals surface area contributed by atoms with Gasteiger partial charge < -0.3 is 10.4 Å². The Labute approximate surface area is 111 Å². The number of carboxylic acid groups (broad SMARTS) is 1. The lowest BCUT2D eigenvalue weighted by atomic mass is 10.0. The van der Waals surface area contributed by atoms with Gasteiger partial charge in [0.1, 0.15) is 0 Å². The van der Waals surface area contributed by atoms with Gasteiger partial charge in [0.25, 0.3) is 5.91 Å². The zero-order valence-corrected chi connectivity index (χ0v) is 10.9. The molecule has 19 heavy (non-hydrogen) atoms. The number of carbonyl (C=O) groups is 2. The lowest BCUT2D eigenvalue weighted by Crippen LogP contribution is -2.40. The molecular weight excluding hydrogens is 244 g/mol. The topological polar surface area (TPSA) is 90.2 Å². The molecule has 1 aromatic carbocycles. The van der Waals surface area contributed by atoms with Crippen molar-refractivity contribution in [2.45, 2.75) is 26.3 Å². The molecule has 0 aliphatic carbocycles. The average molecular weight is 260 g/mol. The number of carboxylic acids is 1. The molecule has 0 aliphatic rings. The molecule has 0 saturated heterocycles. The maximum Gasteiger partial charge on any atom is 0.308 e. The molecule has 0 bridgehead atoms. The van der Waals surface area contributed by atoms with Crippen LogP contribution in [0.2, 0.25) is 0 Å². The van der Waals surface area contributed by atoms with E-state index < -0.39 is 17.9 Å². The van der Waals surface area contributed by atoms with E-state index in [0.29, 0.717) is 5.56 Å². The Morgan fingerprint density at radius 2 is 2.11 bits per heavy atom. The third-order valence-corrected chi connectivity index (χ3v) is 2.97. The smallest absolute Gasteiger partial charge is 0.308 e. The van der Waals surface area contributed by atoms with Gasteiger partial charge in [-0.15, -0.1) is 0 Å². The van der Waals surface area contributed by atoms with E-state index >= 15 is 0 Å². The Hall–Kier alpha value is -2.35. The van der Waals surface area contributed by atoms with Crippen molar-refractivity contribution >= 4 is 11.9 Å². The van der Waals surface area contributed by atoms with Gasteiger partial charge in [0.15, 0.2) is 0 Å². The fourth-order valence-electron chi connectivity index (χ4n) is 1.54. The van der Waals surface area contributed by atoms with Crippen molar-refractivity contribution in [1.29, 1.82) is 5.26 Å². The molecule has 0 heterocycles. The number of aliphatic carboxylic acids is 1. The maximum atomic E-state index is 12.0. The van der Waals surface area contributed by atoms with Crippen LogP contribution in [-0.2, 0) is 11.2 Å². The van der Waals surface area contributed by atoms with E-state index in [4.69, 9.17) is 10.4 Å². The van der Waals surface area contributed by atoms with Gasteiger partial charge in [-0.05, 0) is 31.5 Å². The molecule has 1 aromatic rings. The van der Waals surface area contributed by atoms with Gasteiger partial charge in [0.2, 0.25) is 0 Å². The van der Waals surface area contributed by atoms with E-state index in [1.165, 1.54) is 0 Å². The largest absolute Gasteiger partial charge is 0.481 e. The summed E-state index contributed by atoms with van der Waals surface area (Å²) >= 11 is 0. The Bertz CT molecular complexity index is 520. The average Bonchev–Trinajstić information content (AvgIpc) is 2.38. The third kappa shape index (κ3) is 4.11. The molecule has 0 fully saturated rings. The van der Waals surface area contributed by atoms with Gasteiger partial charge in [0, 0.05) is 11.6 Å². The normalized spacial score (nSPS) is 13.1. The highest BCUT2D eigenvalue weighted by Crippen LogP contribution is 2.08. The van der Waals surface area contributed by atoms with Crippen molar-refractivity contribution in [2.24, 2.45) is 5.92 Å². The van der Waals surface area contributed by atoms with Gasteiger partial charge in [-0.25, -0.2) is 0 Å². The van der Waals surface area contributed by atoms with Crippen LogP contribution < -0.4 is 5.32 Å². The zero-order valence-electron chi connectivity index (χ0n) is 10.9. The number of nitrogens with one attached hydrogen (secondary N) is 1. The lowest BCUT2D eigenvalue weighted by molar-refractivity contribution is -0.141. The van der Waals surface area contributed by atoms with Gasteiger partial charge in [-0.1, -0.05) is 12.1 Å². The summed E-state index contributed by atoms with van der Waals surface area (Å²) in [7, 11) is 0. The number of hydrogen-bond donors (Lipinski definition) is 2. The maximum absolute atomic E-state index is 12.0. The minimum atomic E-state index is -0.953. The number of benzene rings is 1. The number of nitrogens with zero attached hydrogens (tertiary/aromatic N) is 1. The molecule has 5 nitrogen and oxygen atoms in total. The summed E-state index contributed by atoms with van der Waals surface area (Å²) in [6, 6.07) is 8.28. The van der Waals surface area contributed by atoms with E-state index in [1.807, 2.05) is 6.07 Å². The second-order valence-electron chi connectivity index (χ2n) is 4.42. The molecule has 2 atom stereocenters. The fraction of sp³-hybridized carbons (Fsp3) is 0.357. The Morgan fingerprint density at radius 1 is 1.42 bits per heavy atom. The van der Waals surface area contributed by atoms with Gasteiger partial charge in [0.05, 0.1) is 18.4 Å². The van der Waals surface area contributed by atoms with E-state index in [2.05, 4.69) is 5.32 Å². The second-order valence-corrected chi connectivity index (χ2v) is 4.42. The third-order valence-electron chi connectivity index (χ3n) is 2.97. The first-order valence-electron chi connectivity index (χ1n) is 5.95. The summed E-state index contributed by atoms with van der Waals surface area (Å²) < 4.78 is 0. The Kier molecular flexibility index (Phi) is 5.07. The van der Waals surface area contributed by atoms with Crippen LogP contribution in [0, 0.1) is 17.2 Å². The Morgan fingerprint density at radius 3 is 2.68 bits per heavy atom. The second kappa shape index (κ2) is 6.55. The molecule has 1 rings (SSSR count). The Balaban J connectivity index is 2.76. The highest BCUT2D eigenvalue weighted by molar-refractivity contribution is 5.94. The van der Waals surface area contributed by atoms with Crippen molar-refractivity contribution in [3.05, 3.63) is 35.4 Å². The molecule has 2 N–H and O–H groups in total. The van der Waals surface area contributed by atoms with Crippen molar-refractivity contribution in [3.63, 3.8) is 0 Å². The van der Waals surface area contributed by atoms with Gasteiger partial charge >= 0.3 is 5.97 Å². The first-order valence-corrected chi connectivity index (χ1v) is 5.95. The number of hydrogen-bond acceptors (Lipinski definition) is 3. The SMILES string of the molecule is CC(NC(=O)c1cccc(CC#N)c1)C(C)C(=O)O. The number of rotatable bonds is 5. The van der Waals surface area contributed by atoms with E-state index in [-0.39, 0.29) is 12.3 Å². The predicted octanol–water partition coefficient (Wildman–Crippen LogP) is 1.59. The van der Waals surface area contributed by atoms with Crippen LogP contribution >= 0.6 is 0 Å². The number of amides is 1. The van der Waals surface area contributed by atoms with Crippen LogP contribution in [0.3, 0.4) is 0 Å². The van der Waals surface area contributed by atoms with Crippen LogP contribution in [0.5, 0.6) is 0 Å². The molecule has 100 valence electrons. The molecule has 0 radical (unpaired) electrons. The first kappa shape index (κ1) is 14.7. The van der Waals surface area contributed by atoms with Gasteiger partial charge in [-0.3, -0.25) is 9.59 Å². The van der Waals surface area contributed by atoms with Crippen molar-refractivity contribution in [3.8, 4) is 6.07 Å². The lowest BCUT2D eigenvalue weighted by Gasteiger charge is -2.17. The number of nitriles is 1. The van der Waals surface area contributed by atoms with Crippen LogP contribution in [0.25, 0.3) is 0 Å². The van der Waals surface area contributed by atoms with Crippen LogP contribution in [-0.4, -0.2) is 23.0 Å². The van der Waals surface area contributed by atoms with Crippen molar-refractivity contribution in [1.82, 2.24) is 5.32 Å². The molecule has 0 aliphatic heterocycles. The monoisotopic (exact) mass is 260 g/mol. The summed E-state index contributed by atoms with van der Waals surface area (Å²) in [6.45, 7) is 3.19. The first-order chi connectivity index (χ1) is 8.95. The highest BCUT2D eigenvalue weighted by atomic mass is 16.4. The summed E-state index contributed by atoms with van der Waals surface area (Å²) in [4.78, 5) is 22.8. The van der Waals surface area contributed by atoms with Crippen LogP contribution in [0.1, 0.15) is 29.8 Å². The van der Waals surface area contributed by atoms with E-state index in [9.17, 15) is 9.59 Å². The summed E-state index contributed by atoms with van der Waals surface area (Å²) in [5.74, 6) is -1.95. The molecule has 0 spiro atoms. The molecular formula is C14H16N2O3. The number of carbonyl (C=O) groups excluding carboxylic acids is 1. The minimum absolute atomic E-state index is 0.238.